The molecule has 0 aliphatic carbocycles. The maximum Gasteiger partial charge on any atom is 0.267 e. The molecule has 132 valence electrons. The number of ether oxygens (including phenoxy) is 1. The van der Waals surface area contributed by atoms with Gasteiger partial charge in [-0.2, -0.15) is 0 Å². The second-order valence-corrected chi connectivity index (χ2v) is 5.34. The van der Waals surface area contributed by atoms with Gasteiger partial charge in [0.25, 0.3) is 11.8 Å². The zero-order valence-corrected chi connectivity index (χ0v) is 14.4. The molecule has 1 aromatic carbocycles. The lowest BCUT2D eigenvalue weighted by Gasteiger charge is -2.12. The van der Waals surface area contributed by atoms with Crippen molar-refractivity contribution in [3.8, 4) is 5.75 Å². The summed E-state index contributed by atoms with van der Waals surface area (Å²) in [5, 5.41) is 5.43. The van der Waals surface area contributed by atoms with E-state index in [0.717, 1.165) is 12.8 Å². The molecule has 1 aromatic heterocycles. The summed E-state index contributed by atoms with van der Waals surface area (Å²) in [6.07, 6.45) is 4.82. The van der Waals surface area contributed by atoms with Crippen molar-refractivity contribution in [1.29, 1.82) is 0 Å². The molecule has 0 aliphatic heterocycles. The Morgan fingerprint density at radius 2 is 2.00 bits per heavy atom. The van der Waals surface area contributed by atoms with Crippen molar-refractivity contribution in [2.75, 3.05) is 13.7 Å². The highest BCUT2D eigenvalue weighted by atomic mass is 16.5. The van der Waals surface area contributed by atoms with Crippen LogP contribution in [0, 0.1) is 0 Å². The molecule has 2 aromatic rings. The van der Waals surface area contributed by atoms with Gasteiger partial charge in [-0.3, -0.25) is 9.59 Å². The second-order valence-electron chi connectivity index (χ2n) is 5.34. The van der Waals surface area contributed by atoms with Crippen LogP contribution in [0.5, 0.6) is 5.75 Å². The van der Waals surface area contributed by atoms with Gasteiger partial charge in [0.15, 0.2) is 0 Å². The van der Waals surface area contributed by atoms with E-state index in [9.17, 15) is 9.59 Å². The van der Waals surface area contributed by atoms with Crippen LogP contribution < -0.4 is 15.4 Å². The van der Waals surface area contributed by atoms with E-state index in [1.165, 1.54) is 19.4 Å². The molecule has 2 N–H and O–H groups in total. The van der Waals surface area contributed by atoms with Crippen LogP contribution in [0.15, 0.2) is 52.8 Å². The zero-order chi connectivity index (χ0) is 18.1. The van der Waals surface area contributed by atoms with Crippen molar-refractivity contribution in [3.63, 3.8) is 0 Å². The fourth-order valence-electron chi connectivity index (χ4n) is 2.17. The summed E-state index contributed by atoms with van der Waals surface area (Å²) in [5.74, 6) is 0.110. The first-order valence-electron chi connectivity index (χ1n) is 8.13. The third kappa shape index (κ3) is 5.24. The van der Waals surface area contributed by atoms with Crippen LogP contribution in [-0.4, -0.2) is 25.5 Å². The summed E-state index contributed by atoms with van der Waals surface area (Å²) in [6.45, 7) is 2.57. The third-order valence-corrected chi connectivity index (χ3v) is 3.49. The van der Waals surface area contributed by atoms with Crippen LogP contribution in [0.3, 0.4) is 0 Å². The van der Waals surface area contributed by atoms with Crippen molar-refractivity contribution in [3.05, 3.63) is 59.7 Å². The number of unbranched alkanes of at least 4 members (excludes halogenated alkanes) is 1. The molecule has 1 heterocycles. The molecular formula is C19H22N2O4. The van der Waals surface area contributed by atoms with Gasteiger partial charge in [-0.1, -0.05) is 25.5 Å². The molecule has 0 aliphatic rings. The number of hydrogen-bond donors (Lipinski definition) is 2. The van der Waals surface area contributed by atoms with Crippen LogP contribution >= 0.6 is 0 Å². The predicted octanol–water partition coefficient (Wildman–Crippen LogP) is 2.98. The smallest absolute Gasteiger partial charge is 0.267 e. The van der Waals surface area contributed by atoms with E-state index >= 15 is 0 Å². The molecule has 25 heavy (non-hydrogen) atoms. The summed E-state index contributed by atoms with van der Waals surface area (Å²) in [5.41, 5.74) is 0.457. The van der Waals surface area contributed by atoms with Gasteiger partial charge in [-0.25, -0.2) is 0 Å². The molecule has 0 unspecified atom stereocenters. The zero-order valence-electron chi connectivity index (χ0n) is 14.4. The van der Waals surface area contributed by atoms with Gasteiger partial charge in [-0.15, -0.1) is 0 Å². The van der Waals surface area contributed by atoms with Gasteiger partial charge in [-0.05, 0) is 30.7 Å². The highest BCUT2D eigenvalue weighted by Gasteiger charge is 2.17. The van der Waals surface area contributed by atoms with Crippen LogP contribution in [0.2, 0.25) is 0 Å². The molecule has 6 heteroatoms. The van der Waals surface area contributed by atoms with E-state index in [1.54, 1.807) is 36.4 Å². The van der Waals surface area contributed by atoms with Crippen LogP contribution in [0.1, 0.15) is 35.9 Å². The van der Waals surface area contributed by atoms with Gasteiger partial charge in [0, 0.05) is 12.6 Å². The second kappa shape index (κ2) is 9.32. The van der Waals surface area contributed by atoms with Gasteiger partial charge in [0.05, 0.1) is 18.9 Å². The Hall–Kier alpha value is -3.02. The molecule has 0 fully saturated rings. The van der Waals surface area contributed by atoms with Crippen molar-refractivity contribution < 1.29 is 18.7 Å². The lowest BCUT2D eigenvalue weighted by Crippen LogP contribution is -2.35. The number of carbonyl (C=O) groups excluding carboxylic acids is 2. The van der Waals surface area contributed by atoms with E-state index < -0.39 is 5.91 Å². The SMILES string of the molecule is CCCCNC(=O)C(=Cc1ccco1)NC(=O)c1ccccc1OC. The highest BCUT2D eigenvalue weighted by Crippen LogP contribution is 2.17. The minimum absolute atomic E-state index is 0.113. The number of furan rings is 1. The number of amides is 2. The fourth-order valence-corrected chi connectivity index (χ4v) is 2.17. The summed E-state index contributed by atoms with van der Waals surface area (Å²) < 4.78 is 10.4. The van der Waals surface area contributed by atoms with Crippen LogP contribution in [-0.2, 0) is 4.79 Å². The van der Waals surface area contributed by atoms with Crippen molar-refractivity contribution in [1.82, 2.24) is 10.6 Å². The Kier molecular flexibility index (Phi) is 6.83. The summed E-state index contributed by atoms with van der Waals surface area (Å²) in [7, 11) is 1.49. The first-order chi connectivity index (χ1) is 12.2. The van der Waals surface area contributed by atoms with Crippen molar-refractivity contribution in [2.24, 2.45) is 0 Å². The molecule has 0 bridgehead atoms. The normalized spacial score (nSPS) is 11.0. The van der Waals surface area contributed by atoms with E-state index in [2.05, 4.69) is 10.6 Å². The summed E-state index contributed by atoms with van der Waals surface area (Å²) in [6, 6.07) is 10.2. The van der Waals surface area contributed by atoms with Crippen molar-refractivity contribution in [2.45, 2.75) is 19.8 Å². The summed E-state index contributed by atoms with van der Waals surface area (Å²) >= 11 is 0. The lowest BCUT2D eigenvalue weighted by atomic mass is 10.2. The Morgan fingerprint density at radius 3 is 2.68 bits per heavy atom. The molecule has 0 spiro atoms. The summed E-state index contributed by atoms with van der Waals surface area (Å²) in [4.78, 5) is 25.0. The molecular weight excluding hydrogens is 320 g/mol. The van der Waals surface area contributed by atoms with E-state index in [-0.39, 0.29) is 11.6 Å². The Labute approximate surface area is 146 Å². The van der Waals surface area contributed by atoms with Crippen LogP contribution in [0.25, 0.3) is 6.08 Å². The molecule has 0 saturated carbocycles. The quantitative estimate of drug-likeness (QED) is 0.571. The Bertz CT molecular complexity index is 736. The number of methoxy groups -OCH3 is 1. The average Bonchev–Trinajstić information content (AvgIpc) is 3.14. The first-order valence-corrected chi connectivity index (χ1v) is 8.13. The monoisotopic (exact) mass is 342 g/mol. The maximum absolute atomic E-state index is 12.6. The van der Waals surface area contributed by atoms with Gasteiger partial charge in [0.1, 0.15) is 17.2 Å². The molecule has 0 saturated heterocycles. The number of hydrogen-bond acceptors (Lipinski definition) is 4. The molecule has 2 amide bonds. The average molecular weight is 342 g/mol. The molecule has 0 atom stereocenters. The van der Waals surface area contributed by atoms with Gasteiger partial charge < -0.3 is 19.8 Å². The molecule has 2 rings (SSSR count). The highest BCUT2D eigenvalue weighted by molar-refractivity contribution is 6.06. The lowest BCUT2D eigenvalue weighted by molar-refractivity contribution is -0.117. The van der Waals surface area contributed by atoms with Crippen molar-refractivity contribution >= 4 is 17.9 Å². The number of para-hydroxylation sites is 1. The van der Waals surface area contributed by atoms with E-state index in [4.69, 9.17) is 9.15 Å². The number of rotatable bonds is 8. The maximum atomic E-state index is 12.6. The predicted molar refractivity (Wildman–Crippen MR) is 95.1 cm³/mol. The number of nitrogens with one attached hydrogen (secondary N) is 2. The Balaban J connectivity index is 2.20. The first kappa shape index (κ1) is 18.3. The molecule has 6 nitrogen and oxygen atoms in total. The number of carbonyl (C=O) groups is 2. The van der Waals surface area contributed by atoms with Gasteiger partial charge in [0.2, 0.25) is 0 Å². The third-order valence-electron chi connectivity index (χ3n) is 3.49. The minimum atomic E-state index is -0.430. The topological polar surface area (TPSA) is 80.6 Å². The van der Waals surface area contributed by atoms with E-state index in [0.29, 0.717) is 23.6 Å². The van der Waals surface area contributed by atoms with Gasteiger partial charge >= 0.3 is 0 Å². The minimum Gasteiger partial charge on any atom is -0.496 e. The van der Waals surface area contributed by atoms with Crippen LogP contribution in [0.4, 0.5) is 0 Å². The largest absolute Gasteiger partial charge is 0.496 e. The number of benzene rings is 1. The standard InChI is InChI=1S/C19H22N2O4/c1-3-4-11-20-19(23)16(13-14-8-7-12-25-14)21-18(22)15-9-5-6-10-17(15)24-2/h5-10,12-13H,3-4,11H2,1-2H3,(H,20,23)(H,21,22). The van der Waals surface area contributed by atoms with E-state index in [1.807, 2.05) is 6.92 Å². The Morgan fingerprint density at radius 1 is 1.20 bits per heavy atom. The fraction of sp³-hybridized carbons (Fsp3) is 0.263. The molecule has 0 radical (unpaired) electrons.